The fourth-order valence-corrected chi connectivity index (χ4v) is 1.11. The second kappa shape index (κ2) is 2.50. The number of carbonyl (C=O) groups excluding carboxylic acids is 1. The van der Waals surface area contributed by atoms with E-state index in [9.17, 15) is 9.59 Å². The van der Waals surface area contributed by atoms with Crippen molar-refractivity contribution in [2.24, 2.45) is 11.7 Å². The first kappa shape index (κ1) is 8.00. The lowest BCUT2D eigenvalue weighted by molar-refractivity contribution is -0.140. The molecule has 0 bridgehead atoms. The molecule has 3 atom stereocenters. The third-order valence-corrected chi connectivity index (χ3v) is 1.96. The Labute approximate surface area is 63.6 Å². The predicted octanol–water partition coefficient (Wildman–Crippen LogP) is -1.47. The van der Waals surface area contributed by atoms with Gasteiger partial charge in [0.15, 0.2) is 0 Å². The summed E-state index contributed by atoms with van der Waals surface area (Å²) in [6, 6.07) is -1.51. The summed E-state index contributed by atoms with van der Waals surface area (Å²) in [6.45, 7) is 1.64. The largest absolute Gasteiger partial charge is 0.480 e. The highest BCUT2D eigenvalue weighted by Gasteiger charge is 2.40. The minimum atomic E-state index is -1.03. The molecule has 0 aliphatic carbocycles. The summed E-state index contributed by atoms with van der Waals surface area (Å²) in [5.74, 6) is -1.75. The molecule has 0 saturated carbocycles. The van der Waals surface area contributed by atoms with Gasteiger partial charge in [-0.05, 0) is 0 Å². The van der Waals surface area contributed by atoms with Crippen LogP contribution in [0.25, 0.3) is 0 Å². The van der Waals surface area contributed by atoms with Crippen LogP contribution >= 0.6 is 0 Å². The van der Waals surface area contributed by atoms with Crippen LogP contribution in [0.4, 0.5) is 0 Å². The molecule has 5 heteroatoms. The molecule has 1 saturated heterocycles. The van der Waals surface area contributed by atoms with Gasteiger partial charge in [-0.25, -0.2) is 4.79 Å². The fraction of sp³-hybridized carbons (Fsp3) is 0.667. The normalized spacial score (nSPS) is 36.9. The lowest BCUT2D eigenvalue weighted by Crippen LogP contribution is -2.36. The van der Waals surface area contributed by atoms with Crippen LogP contribution in [-0.4, -0.2) is 29.1 Å². The van der Waals surface area contributed by atoms with E-state index in [4.69, 9.17) is 10.8 Å². The molecule has 62 valence electrons. The van der Waals surface area contributed by atoms with Gasteiger partial charge in [-0.15, -0.1) is 0 Å². The standard InChI is InChI=1S/C6H10N2O3/c1-2-3(7)5(9)8-4(2)6(10)11/h2-4H,7H2,1H3,(H,8,9)(H,10,11)/t2-,3+,4?/m1/s1. The maximum absolute atomic E-state index is 10.8. The van der Waals surface area contributed by atoms with Crippen LogP contribution in [0, 0.1) is 5.92 Å². The molecule has 1 heterocycles. The van der Waals surface area contributed by atoms with E-state index in [-0.39, 0.29) is 11.8 Å². The monoisotopic (exact) mass is 158 g/mol. The average Bonchev–Trinajstić information content (AvgIpc) is 2.17. The molecule has 0 aromatic heterocycles. The number of hydrogen-bond acceptors (Lipinski definition) is 3. The molecule has 1 aliphatic heterocycles. The summed E-state index contributed by atoms with van der Waals surface area (Å²) in [7, 11) is 0. The highest BCUT2D eigenvalue weighted by molar-refractivity contribution is 5.91. The zero-order valence-electron chi connectivity index (χ0n) is 6.07. The van der Waals surface area contributed by atoms with E-state index in [1.165, 1.54) is 0 Å². The van der Waals surface area contributed by atoms with Gasteiger partial charge >= 0.3 is 5.97 Å². The fourth-order valence-electron chi connectivity index (χ4n) is 1.11. The van der Waals surface area contributed by atoms with Crippen LogP contribution in [0.2, 0.25) is 0 Å². The van der Waals surface area contributed by atoms with Crippen LogP contribution in [-0.2, 0) is 9.59 Å². The lowest BCUT2D eigenvalue weighted by Gasteiger charge is -2.09. The van der Waals surface area contributed by atoms with Gasteiger partial charge in [-0.2, -0.15) is 0 Å². The van der Waals surface area contributed by atoms with Crippen molar-refractivity contribution in [3.05, 3.63) is 0 Å². The van der Waals surface area contributed by atoms with Gasteiger partial charge in [0, 0.05) is 5.92 Å². The highest BCUT2D eigenvalue weighted by atomic mass is 16.4. The summed E-state index contributed by atoms with van der Waals surface area (Å²) in [5, 5.41) is 10.8. The molecular weight excluding hydrogens is 148 g/mol. The van der Waals surface area contributed by atoms with Crippen molar-refractivity contribution in [3.63, 3.8) is 0 Å². The second-order valence-electron chi connectivity index (χ2n) is 2.71. The molecule has 1 amide bonds. The third-order valence-electron chi connectivity index (χ3n) is 1.96. The van der Waals surface area contributed by atoms with Crippen molar-refractivity contribution in [1.82, 2.24) is 5.32 Å². The molecule has 1 rings (SSSR count). The molecule has 1 aliphatic rings. The van der Waals surface area contributed by atoms with E-state index in [0.29, 0.717) is 0 Å². The number of aliphatic carboxylic acids is 1. The summed E-state index contributed by atoms with van der Waals surface area (Å²) in [6.07, 6.45) is 0. The van der Waals surface area contributed by atoms with E-state index < -0.39 is 18.1 Å². The Bertz CT molecular complexity index is 204. The van der Waals surface area contributed by atoms with Crippen LogP contribution in [0.5, 0.6) is 0 Å². The van der Waals surface area contributed by atoms with Crippen LogP contribution < -0.4 is 11.1 Å². The summed E-state index contributed by atoms with van der Waals surface area (Å²) < 4.78 is 0. The van der Waals surface area contributed by atoms with Crippen LogP contribution in [0.1, 0.15) is 6.92 Å². The minimum Gasteiger partial charge on any atom is -0.480 e. The Morgan fingerprint density at radius 3 is 2.45 bits per heavy atom. The second-order valence-corrected chi connectivity index (χ2v) is 2.71. The third kappa shape index (κ3) is 1.19. The molecule has 4 N–H and O–H groups in total. The van der Waals surface area contributed by atoms with Crippen LogP contribution in [0.3, 0.4) is 0 Å². The molecule has 0 aromatic carbocycles. The number of nitrogens with one attached hydrogen (secondary N) is 1. The van der Waals surface area contributed by atoms with E-state index in [2.05, 4.69) is 5.32 Å². The minimum absolute atomic E-state index is 0.333. The summed E-state index contributed by atoms with van der Waals surface area (Å²) in [5.41, 5.74) is 5.37. The zero-order chi connectivity index (χ0) is 8.59. The van der Waals surface area contributed by atoms with Crippen molar-refractivity contribution >= 4 is 11.9 Å². The van der Waals surface area contributed by atoms with Crippen molar-refractivity contribution in [3.8, 4) is 0 Å². The first-order valence-corrected chi connectivity index (χ1v) is 3.33. The first-order valence-electron chi connectivity index (χ1n) is 3.33. The molecule has 1 unspecified atom stereocenters. The summed E-state index contributed by atoms with van der Waals surface area (Å²) in [4.78, 5) is 21.2. The van der Waals surface area contributed by atoms with Crippen molar-refractivity contribution < 1.29 is 14.7 Å². The lowest BCUT2D eigenvalue weighted by atomic mass is 10.00. The molecular formula is C6H10N2O3. The van der Waals surface area contributed by atoms with E-state index >= 15 is 0 Å². The Balaban J connectivity index is 2.74. The zero-order valence-corrected chi connectivity index (χ0v) is 6.07. The number of hydrogen-bond donors (Lipinski definition) is 3. The van der Waals surface area contributed by atoms with E-state index in [1.54, 1.807) is 6.92 Å². The van der Waals surface area contributed by atoms with Gasteiger partial charge in [0.25, 0.3) is 0 Å². The molecule has 0 spiro atoms. The first-order chi connectivity index (χ1) is 5.04. The highest BCUT2D eigenvalue weighted by Crippen LogP contribution is 2.14. The van der Waals surface area contributed by atoms with E-state index in [1.807, 2.05) is 0 Å². The summed E-state index contributed by atoms with van der Waals surface area (Å²) >= 11 is 0. The van der Waals surface area contributed by atoms with Crippen molar-refractivity contribution in [2.75, 3.05) is 0 Å². The van der Waals surface area contributed by atoms with Gasteiger partial charge in [0.05, 0.1) is 6.04 Å². The van der Waals surface area contributed by atoms with Gasteiger partial charge in [-0.1, -0.05) is 6.92 Å². The Morgan fingerprint density at radius 1 is 1.73 bits per heavy atom. The Hall–Kier alpha value is -1.10. The molecule has 5 nitrogen and oxygen atoms in total. The number of carboxylic acids is 1. The van der Waals surface area contributed by atoms with E-state index in [0.717, 1.165) is 0 Å². The number of rotatable bonds is 1. The van der Waals surface area contributed by atoms with Gasteiger partial charge in [-0.3, -0.25) is 4.79 Å². The molecule has 11 heavy (non-hydrogen) atoms. The Morgan fingerprint density at radius 2 is 2.27 bits per heavy atom. The predicted molar refractivity (Wildman–Crippen MR) is 36.7 cm³/mol. The van der Waals surface area contributed by atoms with Gasteiger partial charge < -0.3 is 16.2 Å². The van der Waals surface area contributed by atoms with Crippen LogP contribution in [0.15, 0.2) is 0 Å². The number of carbonyl (C=O) groups is 2. The maximum atomic E-state index is 10.8. The molecule has 0 radical (unpaired) electrons. The van der Waals surface area contributed by atoms with Crippen molar-refractivity contribution in [2.45, 2.75) is 19.0 Å². The Kier molecular flexibility index (Phi) is 1.82. The maximum Gasteiger partial charge on any atom is 0.326 e. The molecule has 1 fully saturated rings. The van der Waals surface area contributed by atoms with Gasteiger partial charge in [0.1, 0.15) is 6.04 Å². The van der Waals surface area contributed by atoms with Crippen molar-refractivity contribution in [1.29, 1.82) is 0 Å². The number of carboxylic acid groups (broad SMARTS) is 1. The molecule has 0 aromatic rings. The number of nitrogens with two attached hydrogens (primary N) is 1. The SMILES string of the molecule is C[C@H]1C(C(=O)O)NC(=O)[C@H]1N. The number of amides is 1. The van der Waals surface area contributed by atoms with Gasteiger partial charge in [0.2, 0.25) is 5.91 Å². The smallest absolute Gasteiger partial charge is 0.326 e. The topological polar surface area (TPSA) is 92.4 Å². The quantitative estimate of drug-likeness (QED) is 0.434. The average molecular weight is 158 g/mol.